The molecule has 0 amide bonds. The molecule has 6 heteroatoms. The van der Waals surface area contributed by atoms with E-state index in [1.54, 1.807) is 0 Å². The summed E-state index contributed by atoms with van der Waals surface area (Å²) >= 11 is 0. The van der Waals surface area contributed by atoms with Crippen molar-refractivity contribution < 1.29 is 18.1 Å². The van der Waals surface area contributed by atoms with Crippen molar-refractivity contribution in [3.05, 3.63) is 11.7 Å². The Hall–Kier alpha value is -1.33. The van der Waals surface area contributed by atoms with Gasteiger partial charge in [-0.2, -0.15) is 4.98 Å². The SMILES string of the molecule is O=C(Cc1nc(C2CCCCC2)no1)C(F)F. The molecule has 1 aromatic heterocycles. The summed E-state index contributed by atoms with van der Waals surface area (Å²) in [6.07, 6.45) is 2.03. The number of rotatable bonds is 4. The molecule has 0 atom stereocenters. The monoisotopic (exact) mass is 244 g/mol. The predicted octanol–water partition coefficient (Wildman–Crippen LogP) is 2.49. The van der Waals surface area contributed by atoms with Crippen molar-refractivity contribution in [1.82, 2.24) is 10.1 Å². The number of carbonyl (C=O) groups is 1. The van der Waals surface area contributed by atoms with Gasteiger partial charge in [-0.15, -0.1) is 0 Å². The fraction of sp³-hybridized carbons (Fsp3) is 0.727. The lowest BCUT2D eigenvalue weighted by molar-refractivity contribution is -0.129. The summed E-state index contributed by atoms with van der Waals surface area (Å²) < 4.78 is 28.9. The maximum atomic E-state index is 12.0. The van der Waals surface area contributed by atoms with Crippen LogP contribution in [0.5, 0.6) is 0 Å². The number of hydrogen-bond donors (Lipinski definition) is 0. The molecule has 0 aromatic carbocycles. The van der Waals surface area contributed by atoms with Crippen molar-refractivity contribution in [3.8, 4) is 0 Å². The van der Waals surface area contributed by atoms with Crippen molar-refractivity contribution in [3.63, 3.8) is 0 Å². The summed E-state index contributed by atoms with van der Waals surface area (Å²) in [5, 5.41) is 3.77. The average molecular weight is 244 g/mol. The van der Waals surface area contributed by atoms with Crippen molar-refractivity contribution in [2.45, 2.75) is 50.9 Å². The van der Waals surface area contributed by atoms with E-state index in [0.717, 1.165) is 25.7 Å². The van der Waals surface area contributed by atoms with E-state index in [2.05, 4.69) is 10.1 Å². The predicted molar refractivity (Wildman–Crippen MR) is 54.8 cm³/mol. The standard InChI is InChI=1S/C11H14F2N2O2/c12-10(13)8(16)6-9-14-11(15-17-9)7-4-2-1-3-5-7/h7,10H,1-6H2. The Bertz CT molecular complexity index is 387. The molecule has 0 radical (unpaired) electrons. The Labute approximate surface area is 97.4 Å². The number of ketones is 1. The normalized spacial score (nSPS) is 17.6. The summed E-state index contributed by atoms with van der Waals surface area (Å²) in [5.74, 6) is -0.371. The molecule has 1 aliphatic rings. The third-order valence-corrected chi connectivity index (χ3v) is 3.02. The molecule has 4 nitrogen and oxygen atoms in total. The second kappa shape index (κ2) is 5.33. The van der Waals surface area contributed by atoms with Crippen LogP contribution in [0.25, 0.3) is 0 Å². The summed E-state index contributed by atoms with van der Waals surface area (Å²) in [6.45, 7) is 0. The third kappa shape index (κ3) is 3.08. The van der Waals surface area contributed by atoms with Crippen LogP contribution < -0.4 is 0 Å². The van der Waals surface area contributed by atoms with Gasteiger partial charge in [0, 0.05) is 5.92 Å². The number of Topliss-reactive ketones (excluding diaryl/α,β-unsaturated/α-hetero) is 1. The summed E-state index contributed by atoms with van der Waals surface area (Å²) in [5.41, 5.74) is 0. The highest BCUT2D eigenvalue weighted by Crippen LogP contribution is 2.30. The number of aromatic nitrogens is 2. The van der Waals surface area contributed by atoms with Crippen LogP contribution in [0.4, 0.5) is 8.78 Å². The minimum Gasteiger partial charge on any atom is -0.339 e. The fourth-order valence-corrected chi connectivity index (χ4v) is 2.09. The van der Waals surface area contributed by atoms with Gasteiger partial charge in [0.1, 0.15) is 0 Å². The number of halogens is 2. The highest BCUT2D eigenvalue weighted by atomic mass is 19.3. The summed E-state index contributed by atoms with van der Waals surface area (Å²) in [7, 11) is 0. The molecule has 1 saturated carbocycles. The van der Waals surface area contributed by atoms with Gasteiger partial charge in [-0.3, -0.25) is 4.79 Å². The first-order valence-corrected chi connectivity index (χ1v) is 5.80. The van der Waals surface area contributed by atoms with Gasteiger partial charge in [-0.1, -0.05) is 24.4 Å². The van der Waals surface area contributed by atoms with Gasteiger partial charge in [-0.25, -0.2) is 8.78 Å². The Morgan fingerprint density at radius 2 is 2.06 bits per heavy atom. The molecule has 1 heterocycles. The lowest BCUT2D eigenvalue weighted by Gasteiger charge is -2.17. The van der Waals surface area contributed by atoms with Crippen molar-refractivity contribution in [1.29, 1.82) is 0 Å². The van der Waals surface area contributed by atoms with Crippen molar-refractivity contribution in [2.75, 3.05) is 0 Å². The zero-order valence-corrected chi connectivity index (χ0v) is 9.36. The summed E-state index contributed by atoms with van der Waals surface area (Å²) in [4.78, 5) is 14.8. The maximum Gasteiger partial charge on any atom is 0.296 e. The number of alkyl halides is 2. The van der Waals surface area contributed by atoms with E-state index in [-0.39, 0.29) is 11.8 Å². The van der Waals surface area contributed by atoms with E-state index in [4.69, 9.17) is 4.52 Å². The molecule has 0 aliphatic heterocycles. The second-order valence-electron chi connectivity index (χ2n) is 4.33. The zero-order valence-electron chi connectivity index (χ0n) is 9.36. The van der Waals surface area contributed by atoms with E-state index in [0.29, 0.717) is 5.82 Å². The van der Waals surface area contributed by atoms with Crippen molar-refractivity contribution >= 4 is 5.78 Å². The van der Waals surface area contributed by atoms with Crippen molar-refractivity contribution in [2.24, 2.45) is 0 Å². The van der Waals surface area contributed by atoms with Gasteiger partial charge in [0.05, 0.1) is 6.42 Å². The molecule has 1 aromatic rings. The molecule has 17 heavy (non-hydrogen) atoms. The quantitative estimate of drug-likeness (QED) is 0.816. The van der Waals surface area contributed by atoms with Crippen LogP contribution >= 0.6 is 0 Å². The van der Waals surface area contributed by atoms with E-state index >= 15 is 0 Å². The summed E-state index contributed by atoms with van der Waals surface area (Å²) in [6, 6.07) is 0. The molecular formula is C11H14F2N2O2. The molecule has 2 rings (SSSR count). The number of carbonyl (C=O) groups excluding carboxylic acids is 1. The minimum absolute atomic E-state index is 0.00382. The van der Waals surface area contributed by atoms with Crippen LogP contribution in [0.15, 0.2) is 4.52 Å². The average Bonchev–Trinajstić information content (AvgIpc) is 2.78. The lowest BCUT2D eigenvalue weighted by Crippen LogP contribution is -2.13. The topological polar surface area (TPSA) is 56.0 Å². The molecule has 0 unspecified atom stereocenters. The van der Waals surface area contributed by atoms with E-state index in [1.807, 2.05) is 0 Å². The first-order chi connectivity index (χ1) is 8.16. The second-order valence-corrected chi connectivity index (χ2v) is 4.33. The lowest BCUT2D eigenvalue weighted by atomic mass is 9.89. The highest BCUT2D eigenvalue weighted by Gasteiger charge is 2.23. The van der Waals surface area contributed by atoms with Gasteiger partial charge in [0.25, 0.3) is 6.43 Å². The Morgan fingerprint density at radius 3 is 2.71 bits per heavy atom. The van der Waals surface area contributed by atoms with Gasteiger partial charge in [0.2, 0.25) is 11.7 Å². The number of hydrogen-bond acceptors (Lipinski definition) is 4. The molecule has 1 aliphatic carbocycles. The molecule has 0 spiro atoms. The van der Waals surface area contributed by atoms with E-state index in [9.17, 15) is 13.6 Å². The molecule has 1 fully saturated rings. The molecule has 94 valence electrons. The Balaban J connectivity index is 1.97. The Kier molecular flexibility index (Phi) is 3.81. The van der Waals surface area contributed by atoms with Crippen LogP contribution in [0.1, 0.15) is 49.7 Å². The first kappa shape index (κ1) is 12.1. The van der Waals surface area contributed by atoms with Gasteiger partial charge in [-0.05, 0) is 12.8 Å². The zero-order chi connectivity index (χ0) is 12.3. The molecule has 0 bridgehead atoms. The van der Waals surface area contributed by atoms with Crippen LogP contribution in [-0.4, -0.2) is 22.3 Å². The van der Waals surface area contributed by atoms with Crippen LogP contribution in [0.2, 0.25) is 0 Å². The van der Waals surface area contributed by atoms with Crippen LogP contribution in [-0.2, 0) is 11.2 Å². The van der Waals surface area contributed by atoms with Gasteiger partial charge < -0.3 is 4.52 Å². The molecule has 0 saturated heterocycles. The van der Waals surface area contributed by atoms with E-state index < -0.39 is 18.6 Å². The molecular weight excluding hydrogens is 230 g/mol. The number of nitrogens with zero attached hydrogens (tertiary/aromatic N) is 2. The van der Waals surface area contributed by atoms with Gasteiger partial charge in [0.15, 0.2) is 5.82 Å². The highest BCUT2D eigenvalue weighted by molar-refractivity contribution is 5.82. The largest absolute Gasteiger partial charge is 0.339 e. The Morgan fingerprint density at radius 1 is 1.35 bits per heavy atom. The first-order valence-electron chi connectivity index (χ1n) is 5.80. The van der Waals surface area contributed by atoms with Gasteiger partial charge >= 0.3 is 0 Å². The van der Waals surface area contributed by atoms with E-state index in [1.165, 1.54) is 6.42 Å². The maximum absolute atomic E-state index is 12.0. The smallest absolute Gasteiger partial charge is 0.296 e. The minimum atomic E-state index is -2.97. The fourth-order valence-electron chi connectivity index (χ4n) is 2.09. The van der Waals surface area contributed by atoms with Crippen LogP contribution in [0.3, 0.4) is 0 Å². The van der Waals surface area contributed by atoms with Crippen LogP contribution in [0, 0.1) is 0 Å². The molecule has 0 N–H and O–H groups in total. The third-order valence-electron chi connectivity index (χ3n) is 3.02.